The van der Waals surface area contributed by atoms with E-state index in [0.717, 1.165) is 22.1 Å². The highest BCUT2D eigenvalue weighted by Crippen LogP contribution is 2.29. The smallest absolute Gasteiger partial charge is 0.134 e. The number of hydrogen-bond acceptors (Lipinski definition) is 4. The van der Waals surface area contributed by atoms with Crippen molar-refractivity contribution in [2.75, 3.05) is 5.73 Å². The van der Waals surface area contributed by atoms with Gasteiger partial charge in [0.2, 0.25) is 0 Å². The van der Waals surface area contributed by atoms with Gasteiger partial charge >= 0.3 is 0 Å². The summed E-state index contributed by atoms with van der Waals surface area (Å²) in [5, 5.41) is 11.3. The number of aliphatic hydroxyl groups excluding tert-OH is 1. The van der Waals surface area contributed by atoms with Gasteiger partial charge < -0.3 is 15.3 Å². The molecule has 2 heterocycles. The summed E-state index contributed by atoms with van der Waals surface area (Å²) >= 11 is 0. The van der Waals surface area contributed by atoms with Gasteiger partial charge in [-0.3, -0.25) is 0 Å². The Kier molecular flexibility index (Phi) is 2.93. The Labute approximate surface area is 110 Å². The van der Waals surface area contributed by atoms with Crippen LogP contribution in [-0.4, -0.2) is 10.1 Å². The predicted molar refractivity (Wildman–Crippen MR) is 73.5 cm³/mol. The van der Waals surface area contributed by atoms with Gasteiger partial charge in [-0.2, -0.15) is 0 Å². The van der Waals surface area contributed by atoms with Crippen LogP contribution >= 0.6 is 0 Å². The van der Waals surface area contributed by atoms with Gasteiger partial charge in [0.05, 0.1) is 12.4 Å². The first-order chi connectivity index (χ1) is 9.25. The van der Waals surface area contributed by atoms with Gasteiger partial charge in [0, 0.05) is 23.6 Å². The van der Waals surface area contributed by atoms with Crippen molar-refractivity contribution in [3.8, 4) is 0 Å². The summed E-state index contributed by atoms with van der Waals surface area (Å²) < 4.78 is 5.43. The topological polar surface area (TPSA) is 72.3 Å². The molecule has 0 fully saturated rings. The summed E-state index contributed by atoms with van der Waals surface area (Å²) in [6.07, 6.45) is 3.00. The van der Waals surface area contributed by atoms with E-state index in [2.05, 4.69) is 4.98 Å². The molecule has 0 saturated heterocycles. The molecule has 0 aliphatic heterocycles. The molecule has 0 saturated carbocycles. The summed E-state index contributed by atoms with van der Waals surface area (Å²) in [4.78, 5) is 4.02. The van der Waals surface area contributed by atoms with Crippen LogP contribution in [0.5, 0.6) is 0 Å². The highest BCUT2D eigenvalue weighted by atomic mass is 16.3. The minimum atomic E-state index is -0.657. The first kappa shape index (κ1) is 11.7. The summed E-state index contributed by atoms with van der Waals surface area (Å²) in [5.74, 6) is 0.453. The first-order valence-corrected chi connectivity index (χ1v) is 6.09. The Balaban J connectivity index is 1.92. The first-order valence-electron chi connectivity index (χ1n) is 6.09. The average Bonchev–Trinajstić information content (AvgIpc) is 2.85. The lowest BCUT2D eigenvalue weighted by Crippen LogP contribution is -2.04. The molecule has 1 atom stereocenters. The number of hydrogen-bond donors (Lipinski definition) is 2. The monoisotopic (exact) mass is 254 g/mol. The molecule has 3 aromatic rings. The van der Waals surface area contributed by atoms with Crippen LogP contribution in [0.1, 0.15) is 17.2 Å². The summed E-state index contributed by atoms with van der Waals surface area (Å²) in [6.45, 7) is 0. The summed E-state index contributed by atoms with van der Waals surface area (Å²) in [5.41, 5.74) is 8.17. The number of benzene rings is 1. The van der Waals surface area contributed by atoms with Crippen molar-refractivity contribution in [1.29, 1.82) is 0 Å². The Morgan fingerprint density at radius 3 is 2.89 bits per heavy atom. The van der Waals surface area contributed by atoms with Crippen LogP contribution in [0.25, 0.3) is 11.0 Å². The zero-order valence-corrected chi connectivity index (χ0v) is 10.3. The highest BCUT2D eigenvalue weighted by molar-refractivity contribution is 5.81. The predicted octanol–water partition coefficient (Wildman–Crippen LogP) is 2.69. The van der Waals surface area contributed by atoms with Crippen molar-refractivity contribution in [3.05, 3.63) is 60.0 Å². The number of nitrogens with zero attached hydrogens (tertiary/aromatic N) is 1. The van der Waals surface area contributed by atoms with E-state index in [1.165, 1.54) is 0 Å². The van der Waals surface area contributed by atoms with E-state index in [9.17, 15) is 5.11 Å². The largest absolute Gasteiger partial charge is 0.464 e. The van der Waals surface area contributed by atoms with Crippen molar-refractivity contribution in [3.63, 3.8) is 0 Å². The molecule has 2 aromatic heterocycles. The lowest BCUT2D eigenvalue weighted by molar-refractivity contribution is 0.179. The molecule has 0 amide bonds. The molecular formula is C15H14N2O2. The molecule has 0 spiro atoms. The lowest BCUT2D eigenvalue weighted by atomic mass is 10.0. The number of nitrogens with two attached hydrogens (primary N) is 1. The fraction of sp³-hybridized carbons (Fsp3) is 0.133. The number of rotatable bonds is 3. The highest BCUT2D eigenvalue weighted by Gasteiger charge is 2.16. The molecular weight excluding hydrogens is 240 g/mol. The number of aromatic nitrogens is 1. The third-order valence-electron chi connectivity index (χ3n) is 3.21. The van der Waals surface area contributed by atoms with Crippen LogP contribution in [0.4, 0.5) is 5.82 Å². The maximum absolute atomic E-state index is 10.3. The number of aliphatic hydroxyl groups is 1. The molecule has 0 radical (unpaired) electrons. The number of para-hydroxylation sites is 1. The molecule has 3 N–H and O–H groups in total. The standard InChI is InChI=1S/C15H14N2O2/c16-15-10(4-3-7-17-15)8-13(18)12-9-19-14-6-2-1-5-11(12)14/h1-7,9,13,18H,8H2,(H2,16,17). The number of anilines is 1. The second-order valence-corrected chi connectivity index (χ2v) is 4.45. The van der Waals surface area contributed by atoms with Gasteiger partial charge in [-0.1, -0.05) is 24.3 Å². The van der Waals surface area contributed by atoms with Gasteiger partial charge in [0.25, 0.3) is 0 Å². The number of furan rings is 1. The second-order valence-electron chi connectivity index (χ2n) is 4.45. The maximum atomic E-state index is 10.3. The Hall–Kier alpha value is -2.33. The fourth-order valence-electron chi connectivity index (χ4n) is 2.20. The zero-order chi connectivity index (χ0) is 13.2. The average molecular weight is 254 g/mol. The van der Waals surface area contributed by atoms with Gasteiger partial charge in [-0.25, -0.2) is 4.98 Å². The molecule has 1 unspecified atom stereocenters. The van der Waals surface area contributed by atoms with E-state index in [0.29, 0.717) is 12.2 Å². The van der Waals surface area contributed by atoms with Crippen LogP contribution in [0.15, 0.2) is 53.3 Å². The number of fused-ring (bicyclic) bond motifs is 1. The molecule has 4 nitrogen and oxygen atoms in total. The van der Waals surface area contributed by atoms with Crippen LogP contribution < -0.4 is 5.73 Å². The molecule has 3 rings (SSSR count). The van der Waals surface area contributed by atoms with Crippen LogP contribution in [0.3, 0.4) is 0 Å². The van der Waals surface area contributed by atoms with Gasteiger partial charge in [-0.15, -0.1) is 0 Å². The van der Waals surface area contributed by atoms with Crippen molar-refractivity contribution >= 4 is 16.8 Å². The van der Waals surface area contributed by atoms with Crippen LogP contribution in [0.2, 0.25) is 0 Å². The minimum absolute atomic E-state index is 0.420. The van der Waals surface area contributed by atoms with E-state index >= 15 is 0 Å². The molecule has 0 aliphatic rings. The quantitative estimate of drug-likeness (QED) is 0.753. The summed E-state index contributed by atoms with van der Waals surface area (Å²) in [7, 11) is 0. The third kappa shape index (κ3) is 2.18. The maximum Gasteiger partial charge on any atom is 0.134 e. The van der Waals surface area contributed by atoms with Gasteiger partial charge in [-0.05, 0) is 17.7 Å². The van der Waals surface area contributed by atoms with Gasteiger partial charge in [0.15, 0.2) is 0 Å². The molecule has 96 valence electrons. The van der Waals surface area contributed by atoms with Gasteiger partial charge in [0.1, 0.15) is 11.4 Å². The Bertz CT molecular complexity index is 706. The van der Waals surface area contributed by atoms with Crippen molar-refractivity contribution in [1.82, 2.24) is 4.98 Å². The zero-order valence-electron chi connectivity index (χ0n) is 10.3. The normalized spacial score (nSPS) is 12.7. The van der Waals surface area contributed by atoms with Crippen molar-refractivity contribution < 1.29 is 9.52 Å². The molecule has 1 aromatic carbocycles. The minimum Gasteiger partial charge on any atom is -0.464 e. The SMILES string of the molecule is Nc1ncccc1CC(O)c1coc2ccccc12. The molecule has 0 bridgehead atoms. The van der Waals surface area contributed by atoms with E-state index in [4.69, 9.17) is 10.2 Å². The molecule has 0 aliphatic carbocycles. The van der Waals surface area contributed by atoms with Crippen LogP contribution in [0, 0.1) is 0 Å². The fourth-order valence-corrected chi connectivity index (χ4v) is 2.20. The Morgan fingerprint density at radius 2 is 2.05 bits per heavy atom. The number of pyridine rings is 1. The second kappa shape index (κ2) is 4.74. The van der Waals surface area contributed by atoms with Crippen LogP contribution in [-0.2, 0) is 6.42 Å². The van der Waals surface area contributed by atoms with Crippen molar-refractivity contribution in [2.24, 2.45) is 0 Å². The lowest BCUT2D eigenvalue weighted by Gasteiger charge is -2.10. The molecule has 19 heavy (non-hydrogen) atoms. The molecule has 4 heteroatoms. The van der Waals surface area contributed by atoms with Crippen molar-refractivity contribution in [2.45, 2.75) is 12.5 Å². The Morgan fingerprint density at radius 1 is 1.21 bits per heavy atom. The summed E-state index contributed by atoms with van der Waals surface area (Å²) in [6, 6.07) is 11.3. The van der Waals surface area contributed by atoms with E-state index < -0.39 is 6.10 Å². The van der Waals surface area contributed by atoms with E-state index in [1.54, 1.807) is 12.5 Å². The third-order valence-corrected chi connectivity index (χ3v) is 3.21. The van der Waals surface area contributed by atoms with E-state index in [1.807, 2.05) is 36.4 Å². The number of nitrogen functional groups attached to an aromatic ring is 1. The van der Waals surface area contributed by atoms with E-state index in [-0.39, 0.29) is 0 Å².